The van der Waals surface area contributed by atoms with E-state index in [2.05, 4.69) is 5.32 Å². The summed E-state index contributed by atoms with van der Waals surface area (Å²) >= 11 is 0. The van der Waals surface area contributed by atoms with Gasteiger partial charge in [0.2, 0.25) is 21.8 Å². The van der Waals surface area contributed by atoms with E-state index in [9.17, 15) is 22.4 Å². The molecule has 1 atom stereocenters. The van der Waals surface area contributed by atoms with Crippen molar-refractivity contribution in [3.8, 4) is 0 Å². The van der Waals surface area contributed by atoms with Gasteiger partial charge in [0.25, 0.3) is 0 Å². The van der Waals surface area contributed by atoms with E-state index in [1.54, 1.807) is 0 Å². The molecule has 0 aromatic heterocycles. The smallest absolute Gasteiger partial charge is 0.244 e. The van der Waals surface area contributed by atoms with Crippen LogP contribution < -0.4 is 9.62 Å². The largest absolute Gasteiger partial charge is 0.352 e. The van der Waals surface area contributed by atoms with Crippen molar-refractivity contribution in [1.29, 1.82) is 0 Å². The molecule has 0 aliphatic heterocycles. The van der Waals surface area contributed by atoms with E-state index in [1.165, 1.54) is 23.1 Å². The van der Waals surface area contributed by atoms with E-state index in [4.69, 9.17) is 0 Å². The van der Waals surface area contributed by atoms with Gasteiger partial charge in [-0.3, -0.25) is 13.9 Å². The van der Waals surface area contributed by atoms with E-state index in [1.807, 2.05) is 37.3 Å². The zero-order valence-corrected chi connectivity index (χ0v) is 21.1. The summed E-state index contributed by atoms with van der Waals surface area (Å²) in [6, 6.07) is 13.9. The average molecular weight is 504 g/mol. The highest BCUT2D eigenvalue weighted by molar-refractivity contribution is 7.92. The molecule has 1 fully saturated rings. The van der Waals surface area contributed by atoms with E-state index in [0.29, 0.717) is 6.42 Å². The minimum Gasteiger partial charge on any atom is -0.352 e. The predicted octanol–water partition coefficient (Wildman–Crippen LogP) is 3.85. The fourth-order valence-electron chi connectivity index (χ4n) is 4.49. The number of anilines is 1. The highest BCUT2D eigenvalue weighted by Crippen LogP contribution is 2.23. The van der Waals surface area contributed by atoms with Crippen molar-refractivity contribution < 1.29 is 22.4 Å². The Morgan fingerprint density at radius 3 is 2.26 bits per heavy atom. The van der Waals surface area contributed by atoms with Crippen LogP contribution in [0.1, 0.15) is 51.0 Å². The van der Waals surface area contributed by atoms with E-state index >= 15 is 0 Å². The van der Waals surface area contributed by atoms with Crippen molar-refractivity contribution in [2.24, 2.45) is 0 Å². The van der Waals surface area contributed by atoms with Crippen LogP contribution >= 0.6 is 0 Å². The molecule has 0 heterocycles. The minimum atomic E-state index is -3.97. The number of halogens is 1. The molecule has 3 rings (SSSR count). The second kappa shape index (κ2) is 12.2. The normalized spacial score (nSPS) is 15.3. The molecule has 9 heteroatoms. The Hall–Kier alpha value is -2.94. The van der Waals surface area contributed by atoms with Crippen LogP contribution in [-0.2, 0) is 26.2 Å². The molecule has 35 heavy (non-hydrogen) atoms. The van der Waals surface area contributed by atoms with Crippen LogP contribution in [-0.4, -0.2) is 50.0 Å². The lowest BCUT2D eigenvalue weighted by Crippen LogP contribution is -2.54. The SMILES string of the molecule is CCC(C(=O)NC1CCCCC1)N(Cc1ccccc1)C(=O)CN(c1ccccc1F)S(C)(=O)=O. The number of carbonyl (C=O) groups excluding carboxylic acids is 2. The van der Waals surface area contributed by atoms with Gasteiger partial charge in [0, 0.05) is 12.6 Å². The number of sulfonamides is 1. The molecular weight excluding hydrogens is 469 g/mol. The van der Waals surface area contributed by atoms with Gasteiger partial charge in [-0.15, -0.1) is 0 Å². The number of benzene rings is 2. The fourth-order valence-corrected chi connectivity index (χ4v) is 5.34. The maximum Gasteiger partial charge on any atom is 0.244 e. The van der Waals surface area contributed by atoms with Gasteiger partial charge in [0.05, 0.1) is 11.9 Å². The molecule has 0 saturated heterocycles. The van der Waals surface area contributed by atoms with Crippen LogP contribution in [0.4, 0.5) is 10.1 Å². The third-order valence-corrected chi connectivity index (χ3v) is 7.46. The highest BCUT2D eigenvalue weighted by atomic mass is 32.2. The standard InChI is InChI=1S/C26H34FN3O4S/c1-3-23(26(32)28-21-14-8-5-9-15-21)29(18-20-12-6-4-7-13-20)25(31)19-30(35(2,33)34)24-17-11-10-16-22(24)27/h4,6-7,10-13,16-17,21,23H,3,5,8-9,14-15,18-19H2,1-2H3,(H,28,32). The third-order valence-electron chi connectivity index (χ3n) is 6.33. The summed E-state index contributed by atoms with van der Waals surface area (Å²) in [5.41, 5.74) is 0.601. The van der Waals surface area contributed by atoms with Crippen molar-refractivity contribution in [3.63, 3.8) is 0 Å². The zero-order valence-electron chi connectivity index (χ0n) is 20.3. The van der Waals surface area contributed by atoms with E-state index < -0.39 is 34.3 Å². The predicted molar refractivity (Wildman–Crippen MR) is 135 cm³/mol. The number of amides is 2. The van der Waals surface area contributed by atoms with Gasteiger partial charge in [-0.05, 0) is 37.0 Å². The summed E-state index contributed by atoms with van der Waals surface area (Å²) in [4.78, 5) is 28.3. The molecule has 190 valence electrons. The summed E-state index contributed by atoms with van der Waals surface area (Å²) in [6.45, 7) is 1.34. The Morgan fingerprint density at radius 2 is 1.66 bits per heavy atom. The first-order chi connectivity index (χ1) is 16.7. The summed E-state index contributed by atoms with van der Waals surface area (Å²) in [5, 5.41) is 3.09. The van der Waals surface area contributed by atoms with Crippen LogP contribution in [0.25, 0.3) is 0 Å². The lowest BCUT2D eigenvalue weighted by Gasteiger charge is -2.34. The molecule has 0 radical (unpaired) electrons. The number of carbonyl (C=O) groups is 2. The van der Waals surface area contributed by atoms with Crippen molar-refractivity contribution in [1.82, 2.24) is 10.2 Å². The van der Waals surface area contributed by atoms with Gasteiger partial charge in [-0.25, -0.2) is 12.8 Å². The van der Waals surface area contributed by atoms with Crippen LogP contribution in [0.5, 0.6) is 0 Å². The zero-order chi connectivity index (χ0) is 25.4. The maximum absolute atomic E-state index is 14.5. The molecule has 1 saturated carbocycles. The first-order valence-corrected chi connectivity index (χ1v) is 13.9. The number of nitrogens with zero attached hydrogens (tertiary/aromatic N) is 2. The monoisotopic (exact) mass is 503 g/mol. The first kappa shape index (κ1) is 26.7. The Kier molecular flexibility index (Phi) is 9.26. The Balaban J connectivity index is 1.90. The quantitative estimate of drug-likeness (QED) is 0.534. The summed E-state index contributed by atoms with van der Waals surface area (Å²) in [6.07, 6.45) is 6.37. The van der Waals surface area contributed by atoms with Gasteiger partial charge < -0.3 is 10.2 Å². The third kappa shape index (κ3) is 7.27. The van der Waals surface area contributed by atoms with Gasteiger partial charge in [0.1, 0.15) is 18.4 Å². The van der Waals surface area contributed by atoms with Crippen LogP contribution in [0.15, 0.2) is 54.6 Å². The second-order valence-corrected chi connectivity index (χ2v) is 10.9. The van der Waals surface area contributed by atoms with Crippen molar-refractivity contribution >= 4 is 27.5 Å². The van der Waals surface area contributed by atoms with Crippen molar-refractivity contribution in [2.75, 3.05) is 17.1 Å². The topological polar surface area (TPSA) is 86.8 Å². The molecule has 2 aromatic carbocycles. The average Bonchev–Trinajstić information content (AvgIpc) is 2.83. The molecule has 0 bridgehead atoms. The molecule has 1 aliphatic carbocycles. The van der Waals surface area contributed by atoms with Gasteiger partial charge >= 0.3 is 0 Å². The van der Waals surface area contributed by atoms with E-state index in [-0.39, 0.29) is 24.2 Å². The molecule has 2 aromatic rings. The molecular formula is C26H34FN3O4S. The summed E-state index contributed by atoms with van der Waals surface area (Å²) < 4.78 is 40.3. The molecule has 1 N–H and O–H groups in total. The van der Waals surface area contributed by atoms with Gasteiger partial charge in [-0.2, -0.15) is 0 Å². The van der Waals surface area contributed by atoms with Crippen molar-refractivity contribution in [3.05, 3.63) is 66.0 Å². The first-order valence-electron chi connectivity index (χ1n) is 12.1. The molecule has 7 nitrogen and oxygen atoms in total. The van der Waals surface area contributed by atoms with E-state index in [0.717, 1.165) is 54.3 Å². The summed E-state index contributed by atoms with van der Waals surface area (Å²) in [7, 11) is -3.97. The molecule has 0 spiro atoms. The van der Waals surface area contributed by atoms with Crippen LogP contribution in [0.2, 0.25) is 0 Å². The second-order valence-electron chi connectivity index (χ2n) is 9.00. The number of rotatable bonds is 10. The molecule has 1 unspecified atom stereocenters. The highest BCUT2D eigenvalue weighted by Gasteiger charge is 2.33. The number of hydrogen-bond donors (Lipinski definition) is 1. The number of para-hydroxylation sites is 1. The lowest BCUT2D eigenvalue weighted by atomic mass is 9.95. The minimum absolute atomic E-state index is 0.0740. The van der Waals surface area contributed by atoms with Crippen LogP contribution in [0.3, 0.4) is 0 Å². The Morgan fingerprint density at radius 1 is 1.03 bits per heavy atom. The maximum atomic E-state index is 14.5. The van der Waals surface area contributed by atoms with Crippen molar-refractivity contribution in [2.45, 2.75) is 64.1 Å². The fraction of sp³-hybridized carbons (Fsp3) is 0.462. The van der Waals surface area contributed by atoms with Gasteiger partial charge in [0.15, 0.2) is 0 Å². The Bertz CT molecular complexity index is 1100. The van der Waals surface area contributed by atoms with Crippen LogP contribution in [0, 0.1) is 5.82 Å². The Labute approximate surface area is 207 Å². The van der Waals surface area contributed by atoms with Gasteiger partial charge in [-0.1, -0.05) is 68.7 Å². The number of hydrogen-bond acceptors (Lipinski definition) is 4. The number of nitrogens with one attached hydrogen (secondary N) is 1. The lowest BCUT2D eigenvalue weighted by molar-refractivity contribution is -0.140. The molecule has 1 aliphatic rings. The molecule has 2 amide bonds. The summed E-state index contributed by atoms with van der Waals surface area (Å²) in [5.74, 6) is -1.57.